The lowest BCUT2D eigenvalue weighted by Gasteiger charge is -1.98. The fourth-order valence-electron chi connectivity index (χ4n) is 0.737. The predicted octanol–water partition coefficient (Wildman–Crippen LogP) is 2.15. The lowest BCUT2D eigenvalue weighted by molar-refractivity contribution is 0.819. The molecule has 0 fully saturated rings. The maximum absolute atomic E-state index is 6.68. The summed E-state index contributed by atoms with van der Waals surface area (Å²) in [5.41, 5.74) is 0.922. The van der Waals surface area contributed by atoms with Crippen molar-refractivity contribution in [3.63, 3.8) is 0 Å². The van der Waals surface area contributed by atoms with E-state index in [-0.39, 0.29) is 5.95 Å². The Balaban J connectivity index is 3.03. The van der Waals surface area contributed by atoms with Crippen LogP contribution in [0.1, 0.15) is 25.5 Å². The standard InChI is InChI=1S/C8H9N3/c1-6(2)7-4-5-10-8(9-3)11-7/h4-6H,1-2H3. The van der Waals surface area contributed by atoms with Crippen molar-refractivity contribution in [3.05, 3.63) is 29.4 Å². The van der Waals surface area contributed by atoms with Gasteiger partial charge in [-0.25, -0.2) is 0 Å². The molecule has 0 unspecified atom stereocenters. The second-order valence-electron chi connectivity index (χ2n) is 2.55. The molecule has 3 nitrogen and oxygen atoms in total. The molecule has 0 saturated carbocycles. The van der Waals surface area contributed by atoms with E-state index in [1.165, 1.54) is 0 Å². The monoisotopic (exact) mass is 147 g/mol. The highest BCUT2D eigenvalue weighted by Crippen LogP contribution is 2.12. The van der Waals surface area contributed by atoms with Gasteiger partial charge >= 0.3 is 5.95 Å². The summed E-state index contributed by atoms with van der Waals surface area (Å²) in [6.45, 7) is 10.8. The van der Waals surface area contributed by atoms with Crippen molar-refractivity contribution < 1.29 is 0 Å². The van der Waals surface area contributed by atoms with Crippen LogP contribution in [-0.2, 0) is 0 Å². The molecule has 0 spiro atoms. The molecule has 3 heteroatoms. The molecular weight excluding hydrogens is 138 g/mol. The molecule has 1 aromatic rings. The Labute approximate surface area is 65.9 Å². The van der Waals surface area contributed by atoms with Crippen LogP contribution in [0.5, 0.6) is 0 Å². The first kappa shape index (κ1) is 7.67. The van der Waals surface area contributed by atoms with E-state index in [1.54, 1.807) is 6.20 Å². The van der Waals surface area contributed by atoms with Crippen LogP contribution in [0.25, 0.3) is 4.85 Å². The summed E-state index contributed by atoms with van der Waals surface area (Å²) < 4.78 is 0. The third kappa shape index (κ3) is 1.74. The highest BCUT2D eigenvalue weighted by molar-refractivity contribution is 5.26. The Kier molecular flexibility index (Phi) is 2.17. The Morgan fingerprint density at radius 1 is 1.55 bits per heavy atom. The molecular formula is C8H9N3. The molecule has 0 N–H and O–H groups in total. The average Bonchev–Trinajstić information content (AvgIpc) is 2.05. The summed E-state index contributed by atoms with van der Waals surface area (Å²) in [6, 6.07) is 1.83. The lowest BCUT2D eigenvalue weighted by atomic mass is 10.1. The van der Waals surface area contributed by atoms with Gasteiger partial charge < -0.3 is 4.85 Å². The molecule has 1 heterocycles. The van der Waals surface area contributed by atoms with Gasteiger partial charge in [0.2, 0.25) is 0 Å². The Bertz CT molecular complexity index is 286. The van der Waals surface area contributed by atoms with Gasteiger partial charge in [0.25, 0.3) is 0 Å². The quantitative estimate of drug-likeness (QED) is 0.570. The summed E-state index contributed by atoms with van der Waals surface area (Å²) in [5.74, 6) is 0.592. The SMILES string of the molecule is [C-]#[N+]c1nccc(C(C)C)n1. The Morgan fingerprint density at radius 3 is 2.82 bits per heavy atom. The van der Waals surface area contributed by atoms with Gasteiger partial charge in [-0.15, -0.1) is 6.57 Å². The fraction of sp³-hybridized carbons (Fsp3) is 0.375. The minimum absolute atomic E-state index is 0.233. The van der Waals surface area contributed by atoms with Crippen LogP contribution in [-0.4, -0.2) is 9.97 Å². The zero-order chi connectivity index (χ0) is 8.27. The van der Waals surface area contributed by atoms with Crippen LogP contribution >= 0.6 is 0 Å². The maximum atomic E-state index is 6.68. The van der Waals surface area contributed by atoms with E-state index < -0.39 is 0 Å². The van der Waals surface area contributed by atoms with E-state index in [2.05, 4.69) is 14.8 Å². The smallest absolute Gasteiger partial charge is 0.371 e. The van der Waals surface area contributed by atoms with Crippen molar-refractivity contribution in [1.82, 2.24) is 9.97 Å². The average molecular weight is 147 g/mol. The van der Waals surface area contributed by atoms with Crippen molar-refractivity contribution in [3.8, 4) is 0 Å². The first-order valence-corrected chi connectivity index (χ1v) is 3.44. The van der Waals surface area contributed by atoms with Crippen LogP contribution < -0.4 is 0 Å². The minimum Gasteiger partial charge on any atom is -0.394 e. The lowest BCUT2D eigenvalue weighted by Crippen LogP contribution is -1.91. The fourth-order valence-corrected chi connectivity index (χ4v) is 0.737. The Hall–Kier alpha value is -1.43. The molecule has 0 bridgehead atoms. The van der Waals surface area contributed by atoms with Crippen LogP contribution in [0.3, 0.4) is 0 Å². The van der Waals surface area contributed by atoms with Gasteiger partial charge in [0, 0.05) is 12.0 Å². The van der Waals surface area contributed by atoms with Gasteiger partial charge in [0.15, 0.2) is 0 Å². The molecule has 1 rings (SSSR count). The van der Waals surface area contributed by atoms with E-state index in [1.807, 2.05) is 19.9 Å². The number of nitrogens with zero attached hydrogens (tertiary/aromatic N) is 3. The van der Waals surface area contributed by atoms with E-state index >= 15 is 0 Å². The van der Waals surface area contributed by atoms with Gasteiger partial charge in [-0.1, -0.05) is 13.8 Å². The van der Waals surface area contributed by atoms with Gasteiger partial charge in [0.1, 0.15) is 5.69 Å². The van der Waals surface area contributed by atoms with Crippen LogP contribution in [0.4, 0.5) is 5.95 Å². The summed E-state index contributed by atoms with van der Waals surface area (Å²) in [7, 11) is 0. The number of hydrogen-bond donors (Lipinski definition) is 0. The van der Waals surface area contributed by atoms with Crippen molar-refractivity contribution in [2.45, 2.75) is 19.8 Å². The molecule has 0 atom stereocenters. The normalized spacial score (nSPS) is 9.64. The van der Waals surface area contributed by atoms with Gasteiger partial charge in [-0.2, -0.15) is 9.97 Å². The van der Waals surface area contributed by atoms with Crippen molar-refractivity contribution in [2.75, 3.05) is 0 Å². The third-order valence-corrected chi connectivity index (χ3v) is 1.36. The zero-order valence-electron chi connectivity index (χ0n) is 6.57. The largest absolute Gasteiger partial charge is 0.394 e. The highest BCUT2D eigenvalue weighted by Gasteiger charge is 2.04. The number of aromatic nitrogens is 2. The summed E-state index contributed by atoms with van der Waals surface area (Å²) in [6.07, 6.45) is 1.62. The number of rotatable bonds is 1. The summed E-state index contributed by atoms with van der Waals surface area (Å²) in [5, 5.41) is 0. The molecule has 0 aliphatic heterocycles. The molecule has 0 aliphatic rings. The van der Waals surface area contributed by atoms with E-state index in [0.717, 1.165) is 5.69 Å². The molecule has 0 saturated heterocycles. The molecule has 0 aromatic carbocycles. The van der Waals surface area contributed by atoms with Gasteiger partial charge in [0.05, 0.1) is 6.20 Å². The second-order valence-corrected chi connectivity index (χ2v) is 2.55. The first-order valence-electron chi connectivity index (χ1n) is 3.44. The molecule has 0 amide bonds. The van der Waals surface area contributed by atoms with E-state index in [4.69, 9.17) is 6.57 Å². The van der Waals surface area contributed by atoms with Crippen molar-refractivity contribution >= 4 is 5.95 Å². The zero-order valence-corrected chi connectivity index (χ0v) is 6.57. The predicted molar refractivity (Wildman–Crippen MR) is 42.4 cm³/mol. The van der Waals surface area contributed by atoms with Crippen LogP contribution in [0.15, 0.2) is 12.3 Å². The molecule has 56 valence electrons. The highest BCUT2D eigenvalue weighted by atomic mass is 15.0. The minimum atomic E-state index is 0.233. The molecule has 0 aliphatic carbocycles. The molecule has 1 aromatic heterocycles. The maximum Gasteiger partial charge on any atom is 0.371 e. The van der Waals surface area contributed by atoms with Crippen molar-refractivity contribution in [1.29, 1.82) is 0 Å². The summed E-state index contributed by atoms with van der Waals surface area (Å²) in [4.78, 5) is 10.9. The first-order chi connectivity index (χ1) is 5.24. The van der Waals surface area contributed by atoms with Gasteiger partial charge in [-0.3, -0.25) is 0 Å². The second kappa shape index (κ2) is 3.11. The molecule has 0 radical (unpaired) electrons. The topological polar surface area (TPSA) is 30.1 Å². The molecule has 11 heavy (non-hydrogen) atoms. The third-order valence-electron chi connectivity index (χ3n) is 1.36. The van der Waals surface area contributed by atoms with E-state index in [9.17, 15) is 0 Å². The van der Waals surface area contributed by atoms with Gasteiger partial charge in [-0.05, 0) is 0 Å². The van der Waals surface area contributed by atoms with Crippen molar-refractivity contribution in [2.24, 2.45) is 0 Å². The van der Waals surface area contributed by atoms with Crippen LogP contribution in [0.2, 0.25) is 0 Å². The number of hydrogen-bond acceptors (Lipinski definition) is 2. The summed E-state index contributed by atoms with van der Waals surface area (Å²) >= 11 is 0. The Morgan fingerprint density at radius 2 is 2.27 bits per heavy atom. The van der Waals surface area contributed by atoms with Crippen LogP contribution in [0, 0.1) is 6.57 Å². The van der Waals surface area contributed by atoms with E-state index in [0.29, 0.717) is 5.92 Å².